The van der Waals surface area contributed by atoms with Gasteiger partial charge in [0.05, 0.1) is 10.7 Å². The highest BCUT2D eigenvalue weighted by Crippen LogP contribution is 2.44. The molecule has 1 saturated carbocycles. The van der Waals surface area contributed by atoms with Gasteiger partial charge in [0.25, 0.3) is 0 Å². The molecule has 1 amide bonds. The average molecular weight is 537 g/mol. The Hall–Kier alpha value is -1.06. The zero-order chi connectivity index (χ0) is 20.4. The summed E-state index contributed by atoms with van der Waals surface area (Å²) in [6, 6.07) is 5.59. The van der Waals surface area contributed by atoms with Gasteiger partial charge in [0.1, 0.15) is 0 Å². The van der Waals surface area contributed by atoms with E-state index >= 15 is 0 Å². The second-order valence-electron chi connectivity index (χ2n) is 7.50. The number of methoxy groups -OCH3 is 1. The van der Waals surface area contributed by atoms with Crippen LogP contribution in [0.3, 0.4) is 0 Å². The van der Waals surface area contributed by atoms with Gasteiger partial charge in [0.2, 0.25) is 5.91 Å². The normalized spacial score (nSPS) is 15.1. The average Bonchev–Trinajstić information content (AvgIpc) is 2.63. The number of nitrogens with one attached hydrogen (secondary N) is 3. The summed E-state index contributed by atoms with van der Waals surface area (Å²) in [5.41, 5.74) is 1.98. The van der Waals surface area contributed by atoms with Crippen LogP contribution >= 0.6 is 35.6 Å². The van der Waals surface area contributed by atoms with E-state index in [2.05, 4.69) is 16.0 Å². The van der Waals surface area contributed by atoms with Crippen LogP contribution in [0.25, 0.3) is 0 Å². The number of anilines is 1. The van der Waals surface area contributed by atoms with Gasteiger partial charge in [-0.2, -0.15) is 0 Å². The third-order valence-electron chi connectivity index (χ3n) is 5.21. The third-order valence-corrected chi connectivity index (χ3v) is 5.52. The van der Waals surface area contributed by atoms with Gasteiger partial charge in [-0.25, -0.2) is 0 Å². The minimum atomic E-state index is -0.0790. The first kappa shape index (κ1) is 26.0. The second-order valence-corrected chi connectivity index (χ2v) is 7.91. The van der Waals surface area contributed by atoms with Gasteiger partial charge in [0, 0.05) is 39.8 Å². The van der Waals surface area contributed by atoms with Crippen LogP contribution in [0.15, 0.2) is 23.2 Å². The zero-order valence-corrected chi connectivity index (χ0v) is 20.7. The van der Waals surface area contributed by atoms with Gasteiger partial charge < -0.3 is 20.7 Å². The number of halogens is 2. The molecule has 1 aliphatic carbocycles. The maximum atomic E-state index is 12.2. The Bertz CT molecular complexity index is 681. The molecule has 1 aromatic rings. The molecule has 0 bridgehead atoms. The lowest BCUT2D eigenvalue weighted by molar-refractivity contribution is -0.116. The Labute approximate surface area is 196 Å². The number of hydrogen-bond donors (Lipinski definition) is 3. The fourth-order valence-corrected chi connectivity index (χ4v) is 3.58. The molecule has 0 aliphatic heterocycles. The Balaban J connectivity index is 0.00000420. The van der Waals surface area contributed by atoms with Crippen LogP contribution in [0.1, 0.15) is 44.6 Å². The summed E-state index contributed by atoms with van der Waals surface area (Å²) >= 11 is 6.17. The number of carbonyl (C=O) groups is 1. The summed E-state index contributed by atoms with van der Waals surface area (Å²) in [5, 5.41) is 9.91. The smallest absolute Gasteiger partial charge is 0.226 e. The number of hydrogen-bond acceptors (Lipinski definition) is 3. The Kier molecular flexibility index (Phi) is 11.9. The molecule has 0 saturated heterocycles. The fraction of sp³-hybridized carbons (Fsp3) is 0.619. The number of benzene rings is 1. The predicted octanol–water partition coefficient (Wildman–Crippen LogP) is 4.36. The van der Waals surface area contributed by atoms with Crippen molar-refractivity contribution in [3.05, 3.63) is 28.8 Å². The van der Waals surface area contributed by atoms with E-state index in [9.17, 15) is 4.79 Å². The first-order valence-corrected chi connectivity index (χ1v) is 10.4. The molecular formula is C21H34ClIN4O2. The van der Waals surface area contributed by atoms with E-state index in [-0.39, 0.29) is 35.3 Å². The molecule has 3 N–H and O–H groups in total. The van der Waals surface area contributed by atoms with E-state index < -0.39 is 0 Å². The molecule has 1 aromatic carbocycles. The second kappa shape index (κ2) is 13.3. The molecule has 0 unspecified atom stereocenters. The molecular weight excluding hydrogens is 503 g/mol. The quantitative estimate of drug-likeness (QED) is 0.236. The molecule has 1 fully saturated rings. The summed E-state index contributed by atoms with van der Waals surface area (Å²) < 4.78 is 5.25. The van der Waals surface area contributed by atoms with E-state index in [1.807, 2.05) is 32.0 Å². The van der Waals surface area contributed by atoms with Gasteiger partial charge in [-0.3, -0.25) is 9.79 Å². The van der Waals surface area contributed by atoms with Crippen molar-refractivity contribution >= 4 is 53.1 Å². The largest absolute Gasteiger partial charge is 0.385 e. The minimum Gasteiger partial charge on any atom is -0.385 e. The first-order valence-electron chi connectivity index (χ1n) is 10.0. The molecule has 0 aromatic heterocycles. The zero-order valence-electron chi connectivity index (χ0n) is 17.6. The molecule has 2 rings (SSSR count). The van der Waals surface area contributed by atoms with E-state index in [1.54, 1.807) is 7.11 Å². The summed E-state index contributed by atoms with van der Waals surface area (Å²) in [6.07, 6.45) is 5.07. The highest BCUT2D eigenvalue weighted by atomic mass is 127. The molecule has 0 spiro atoms. The van der Waals surface area contributed by atoms with Gasteiger partial charge in [-0.1, -0.05) is 24.1 Å². The lowest BCUT2D eigenvalue weighted by atomic mass is 9.67. The highest BCUT2D eigenvalue weighted by Gasteiger charge is 2.36. The van der Waals surface area contributed by atoms with Crippen LogP contribution in [0, 0.1) is 12.3 Å². The minimum absolute atomic E-state index is 0. The maximum Gasteiger partial charge on any atom is 0.226 e. The predicted molar refractivity (Wildman–Crippen MR) is 132 cm³/mol. The molecule has 0 atom stereocenters. The fourth-order valence-electron chi connectivity index (χ4n) is 3.30. The highest BCUT2D eigenvalue weighted by molar-refractivity contribution is 14.0. The van der Waals surface area contributed by atoms with Crippen molar-refractivity contribution in [2.24, 2.45) is 10.4 Å². The summed E-state index contributed by atoms with van der Waals surface area (Å²) in [6.45, 7) is 6.85. The standard InChI is InChI=1S/C21H33ClN4O2.HI/c1-4-23-20(25-15-21(9-5-10-21)11-13-28-3)24-12-8-19(27)26-18-7-6-16(2)14-17(18)22;/h6-7,14H,4-5,8-13,15H2,1-3H3,(H,26,27)(H2,23,24,25);1H. The van der Waals surface area contributed by atoms with Gasteiger partial charge in [-0.05, 0) is 56.2 Å². The van der Waals surface area contributed by atoms with E-state index in [1.165, 1.54) is 19.3 Å². The Morgan fingerprint density at radius 3 is 2.66 bits per heavy atom. The molecule has 164 valence electrons. The lowest BCUT2D eigenvalue weighted by Gasteiger charge is -2.40. The number of aryl methyl sites for hydroxylation is 1. The number of amides is 1. The summed E-state index contributed by atoms with van der Waals surface area (Å²) in [5.74, 6) is 0.678. The molecule has 8 heteroatoms. The number of rotatable bonds is 10. The van der Waals surface area contributed by atoms with Crippen LogP contribution in [-0.2, 0) is 9.53 Å². The van der Waals surface area contributed by atoms with E-state index in [0.29, 0.717) is 23.7 Å². The van der Waals surface area contributed by atoms with Crippen LogP contribution in [0.2, 0.25) is 5.02 Å². The van der Waals surface area contributed by atoms with Crippen molar-refractivity contribution in [3.63, 3.8) is 0 Å². The first-order chi connectivity index (χ1) is 13.5. The maximum absolute atomic E-state index is 12.2. The van der Waals surface area contributed by atoms with Crippen molar-refractivity contribution in [1.29, 1.82) is 0 Å². The summed E-state index contributed by atoms with van der Waals surface area (Å²) in [4.78, 5) is 16.9. The van der Waals surface area contributed by atoms with E-state index in [4.69, 9.17) is 21.3 Å². The van der Waals surface area contributed by atoms with E-state index in [0.717, 1.165) is 37.6 Å². The van der Waals surface area contributed by atoms with Crippen LogP contribution in [0.4, 0.5) is 5.69 Å². The molecule has 0 heterocycles. The molecule has 1 aliphatic rings. The van der Waals surface area contributed by atoms with Gasteiger partial charge in [-0.15, -0.1) is 24.0 Å². The van der Waals surface area contributed by atoms with Crippen molar-refractivity contribution in [2.75, 3.05) is 38.7 Å². The molecule has 0 radical (unpaired) electrons. The number of nitrogens with zero attached hydrogens (tertiary/aromatic N) is 1. The topological polar surface area (TPSA) is 74.8 Å². The van der Waals surface area contributed by atoms with Crippen molar-refractivity contribution in [2.45, 2.75) is 46.0 Å². The van der Waals surface area contributed by atoms with Gasteiger partial charge in [0.15, 0.2) is 5.96 Å². The number of guanidine groups is 1. The number of carbonyl (C=O) groups excluding carboxylic acids is 1. The van der Waals surface area contributed by atoms with Crippen LogP contribution in [0.5, 0.6) is 0 Å². The summed E-state index contributed by atoms with van der Waals surface area (Å²) in [7, 11) is 1.75. The third kappa shape index (κ3) is 8.68. The lowest BCUT2D eigenvalue weighted by Crippen LogP contribution is -2.41. The number of ether oxygens (including phenoxy) is 1. The number of aliphatic imine (C=N–C) groups is 1. The van der Waals surface area contributed by atoms with Gasteiger partial charge >= 0.3 is 0 Å². The van der Waals surface area contributed by atoms with Crippen LogP contribution < -0.4 is 16.0 Å². The molecule has 29 heavy (non-hydrogen) atoms. The monoisotopic (exact) mass is 536 g/mol. The molecule has 6 nitrogen and oxygen atoms in total. The van der Waals surface area contributed by atoms with Crippen molar-refractivity contribution in [1.82, 2.24) is 10.6 Å². The van der Waals surface area contributed by atoms with Crippen molar-refractivity contribution < 1.29 is 9.53 Å². The van der Waals surface area contributed by atoms with Crippen LogP contribution in [-0.4, -0.2) is 45.2 Å². The van der Waals surface area contributed by atoms with Crippen molar-refractivity contribution in [3.8, 4) is 0 Å². The Morgan fingerprint density at radius 2 is 2.07 bits per heavy atom. The Morgan fingerprint density at radius 1 is 1.31 bits per heavy atom. The SMILES string of the molecule is CCNC(=NCC1(CCOC)CCC1)NCCC(=O)Nc1ccc(C)cc1Cl.I.